The summed E-state index contributed by atoms with van der Waals surface area (Å²) in [7, 11) is 1.64. The number of methoxy groups -OCH3 is 1. The number of nitrogens with one attached hydrogen (secondary N) is 1. The van der Waals surface area contributed by atoms with Crippen LogP contribution in [0, 0.1) is 6.92 Å². The Labute approximate surface area is 126 Å². The van der Waals surface area contributed by atoms with E-state index in [-0.39, 0.29) is 0 Å². The molecule has 0 aliphatic carbocycles. The van der Waals surface area contributed by atoms with Crippen LogP contribution >= 0.6 is 0 Å². The monoisotopic (exact) mass is 286 g/mol. The van der Waals surface area contributed by atoms with Crippen molar-refractivity contribution in [2.45, 2.75) is 33.4 Å². The maximum Gasteiger partial charge on any atom is 0.169 e. The molecule has 112 valence electrons. The van der Waals surface area contributed by atoms with Crippen LogP contribution in [0.2, 0.25) is 0 Å². The Morgan fingerprint density at radius 3 is 2.67 bits per heavy atom. The first-order chi connectivity index (χ1) is 10.1. The number of benzene rings is 1. The predicted molar refractivity (Wildman–Crippen MR) is 84.0 cm³/mol. The Bertz CT molecular complexity index is 597. The number of aromatic nitrogens is 1. The summed E-state index contributed by atoms with van der Waals surface area (Å²) in [6.07, 6.45) is 3.55. The van der Waals surface area contributed by atoms with E-state index in [9.17, 15) is 0 Å². The predicted octanol–water partition coefficient (Wildman–Crippen LogP) is 3.69. The van der Waals surface area contributed by atoms with Gasteiger partial charge in [-0.2, -0.15) is 0 Å². The summed E-state index contributed by atoms with van der Waals surface area (Å²) in [6, 6.07) is 8.28. The minimum Gasteiger partial charge on any atom is -0.493 e. The lowest BCUT2D eigenvalue weighted by molar-refractivity contribution is 0.378. The van der Waals surface area contributed by atoms with Gasteiger partial charge in [-0.15, -0.1) is 0 Å². The van der Waals surface area contributed by atoms with Crippen molar-refractivity contribution in [1.82, 2.24) is 10.3 Å². The lowest BCUT2D eigenvalue weighted by atomic mass is 10.2. The second kappa shape index (κ2) is 7.09. The van der Waals surface area contributed by atoms with Crippen LogP contribution in [0.4, 0.5) is 0 Å². The van der Waals surface area contributed by atoms with Gasteiger partial charge in [0.2, 0.25) is 0 Å². The van der Waals surface area contributed by atoms with E-state index in [0.717, 1.165) is 23.4 Å². The van der Waals surface area contributed by atoms with Crippen molar-refractivity contribution >= 4 is 0 Å². The topological polar surface area (TPSA) is 43.4 Å². The third-order valence-electron chi connectivity index (χ3n) is 3.03. The second-order valence-corrected chi connectivity index (χ2v) is 5.32. The van der Waals surface area contributed by atoms with Gasteiger partial charge in [0.05, 0.1) is 13.3 Å². The summed E-state index contributed by atoms with van der Waals surface area (Å²) in [5.74, 6) is 2.12. The van der Waals surface area contributed by atoms with Crippen molar-refractivity contribution in [3.05, 3.63) is 47.8 Å². The van der Waals surface area contributed by atoms with Crippen molar-refractivity contribution in [1.29, 1.82) is 0 Å². The van der Waals surface area contributed by atoms with Crippen LogP contribution in [0.15, 0.2) is 36.7 Å². The third-order valence-corrected chi connectivity index (χ3v) is 3.03. The largest absolute Gasteiger partial charge is 0.493 e. The van der Waals surface area contributed by atoms with E-state index in [4.69, 9.17) is 9.47 Å². The molecule has 0 atom stereocenters. The molecular weight excluding hydrogens is 264 g/mol. The summed E-state index contributed by atoms with van der Waals surface area (Å²) in [6.45, 7) is 7.02. The first-order valence-corrected chi connectivity index (χ1v) is 7.08. The van der Waals surface area contributed by atoms with Crippen LogP contribution in [-0.2, 0) is 6.54 Å². The second-order valence-electron chi connectivity index (χ2n) is 5.32. The van der Waals surface area contributed by atoms with Gasteiger partial charge in [-0.05, 0) is 36.2 Å². The van der Waals surface area contributed by atoms with E-state index in [1.807, 2.05) is 37.4 Å². The van der Waals surface area contributed by atoms with Crippen molar-refractivity contribution in [2.75, 3.05) is 7.11 Å². The number of hydrogen-bond acceptors (Lipinski definition) is 4. The summed E-state index contributed by atoms with van der Waals surface area (Å²) < 4.78 is 11.2. The number of aryl methyl sites for hydroxylation is 1. The smallest absolute Gasteiger partial charge is 0.169 e. The van der Waals surface area contributed by atoms with Gasteiger partial charge >= 0.3 is 0 Å². The minimum absolute atomic E-state index is 0.437. The first kappa shape index (κ1) is 15.3. The first-order valence-electron chi connectivity index (χ1n) is 7.08. The molecule has 4 heteroatoms. The van der Waals surface area contributed by atoms with Gasteiger partial charge in [-0.25, -0.2) is 0 Å². The van der Waals surface area contributed by atoms with E-state index < -0.39 is 0 Å². The molecule has 0 aliphatic rings. The van der Waals surface area contributed by atoms with Gasteiger partial charge in [0.1, 0.15) is 5.75 Å². The quantitative estimate of drug-likeness (QED) is 0.879. The molecule has 0 bridgehead atoms. The number of nitrogens with zero attached hydrogens (tertiary/aromatic N) is 1. The number of rotatable bonds is 6. The Balaban J connectivity index is 2.14. The molecular formula is C17H22N2O2. The molecule has 0 fully saturated rings. The van der Waals surface area contributed by atoms with Gasteiger partial charge < -0.3 is 14.8 Å². The molecule has 0 radical (unpaired) electrons. The summed E-state index contributed by atoms with van der Waals surface area (Å²) >= 11 is 0. The van der Waals surface area contributed by atoms with Gasteiger partial charge in [0, 0.05) is 18.8 Å². The Morgan fingerprint density at radius 2 is 1.95 bits per heavy atom. The van der Waals surface area contributed by atoms with Crippen LogP contribution in [0.25, 0.3) is 0 Å². The van der Waals surface area contributed by atoms with E-state index >= 15 is 0 Å². The fraction of sp³-hybridized carbons (Fsp3) is 0.353. The van der Waals surface area contributed by atoms with Crippen LogP contribution in [0.3, 0.4) is 0 Å². The number of hydrogen-bond donors (Lipinski definition) is 1. The van der Waals surface area contributed by atoms with Crippen molar-refractivity contribution in [3.63, 3.8) is 0 Å². The summed E-state index contributed by atoms with van der Waals surface area (Å²) in [5.41, 5.74) is 2.22. The molecule has 2 aromatic rings. The molecule has 0 saturated heterocycles. The Morgan fingerprint density at radius 1 is 1.14 bits per heavy atom. The molecule has 21 heavy (non-hydrogen) atoms. The van der Waals surface area contributed by atoms with Gasteiger partial charge in [0.15, 0.2) is 11.5 Å². The van der Waals surface area contributed by atoms with Gasteiger partial charge in [-0.3, -0.25) is 4.98 Å². The highest BCUT2D eigenvalue weighted by Gasteiger charge is 2.07. The summed E-state index contributed by atoms with van der Waals surface area (Å²) in [4.78, 5) is 4.23. The molecule has 1 heterocycles. The summed E-state index contributed by atoms with van der Waals surface area (Å²) in [5, 5.41) is 3.36. The van der Waals surface area contributed by atoms with Crippen molar-refractivity contribution in [3.8, 4) is 17.2 Å². The van der Waals surface area contributed by atoms with Gasteiger partial charge in [0.25, 0.3) is 0 Å². The highest BCUT2D eigenvalue weighted by Crippen LogP contribution is 2.32. The molecule has 1 aromatic heterocycles. The third kappa shape index (κ3) is 4.46. The molecule has 0 aliphatic heterocycles. The Kier molecular flexibility index (Phi) is 5.17. The molecule has 2 rings (SSSR count). The van der Waals surface area contributed by atoms with Gasteiger partial charge in [-0.1, -0.05) is 19.9 Å². The molecule has 0 amide bonds. The fourth-order valence-electron chi connectivity index (χ4n) is 1.92. The fourth-order valence-corrected chi connectivity index (χ4v) is 1.92. The zero-order valence-corrected chi connectivity index (χ0v) is 13.0. The van der Waals surface area contributed by atoms with E-state index in [1.165, 1.54) is 0 Å². The molecule has 1 aromatic carbocycles. The lowest BCUT2D eigenvalue weighted by Crippen LogP contribution is -2.21. The minimum atomic E-state index is 0.437. The molecule has 0 saturated carbocycles. The molecule has 0 spiro atoms. The standard InChI is InChI=1S/C17H22N2O2/c1-12(2)19-10-14-8-15(11-18-9-14)21-16-6-5-13(3)7-17(16)20-4/h5-9,11-12,19H,10H2,1-4H3. The van der Waals surface area contributed by atoms with E-state index in [2.05, 4.69) is 24.1 Å². The average molecular weight is 286 g/mol. The highest BCUT2D eigenvalue weighted by atomic mass is 16.5. The SMILES string of the molecule is COc1cc(C)ccc1Oc1cncc(CNC(C)C)c1. The normalized spacial score (nSPS) is 10.7. The van der Waals surface area contributed by atoms with Crippen molar-refractivity contribution < 1.29 is 9.47 Å². The highest BCUT2D eigenvalue weighted by molar-refractivity contribution is 5.45. The average Bonchev–Trinajstić information content (AvgIpc) is 2.47. The molecule has 1 N–H and O–H groups in total. The van der Waals surface area contributed by atoms with Crippen LogP contribution in [0.1, 0.15) is 25.0 Å². The van der Waals surface area contributed by atoms with Crippen LogP contribution in [-0.4, -0.2) is 18.1 Å². The molecule has 0 unspecified atom stereocenters. The van der Waals surface area contributed by atoms with Crippen LogP contribution in [0.5, 0.6) is 17.2 Å². The maximum atomic E-state index is 5.89. The number of pyridine rings is 1. The van der Waals surface area contributed by atoms with E-state index in [1.54, 1.807) is 13.3 Å². The Hall–Kier alpha value is -2.07. The maximum absolute atomic E-state index is 5.89. The molecule has 4 nitrogen and oxygen atoms in total. The lowest BCUT2D eigenvalue weighted by Gasteiger charge is -2.12. The van der Waals surface area contributed by atoms with E-state index in [0.29, 0.717) is 17.5 Å². The zero-order valence-electron chi connectivity index (χ0n) is 13.0. The number of ether oxygens (including phenoxy) is 2. The zero-order chi connectivity index (χ0) is 15.2. The van der Waals surface area contributed by atoms with Crippen molar-refractivity contribution in [2.24, 2.45) is 0 Å². The van der Waals surface area contributed by atoms with Crippen LogP contribution < -0.4 is 14.8 Å².